The number of rotatable bonds is 11. The minimum Gasteiger partial charge on any atom is -0.548 e. The molecular formula is C47H66N14O10. The van der Waals surface area contributed by atoms with Crippen molar-refractivity contribution in [2.75, 3.05) is 13.1 Å². The van der Waals surface area contributed by atoms with E-state index in [2.05, 4.69) is 57.5 Å². The Morgan fingerprint density at radius 3 is 2.20 bits per heavy atom. The van der Waals surface area contributed by atoms with Gasteiger partial charge in [0.25, 0.3) is 0 Å². The van der Waals surface area contributed by atoms with Gasteiger partial charge in [0, 0.05) is 47.8 Å². The van der Waals surface area contributed by atoms with Gasteiger partial charge in [0.15, 0.2) is 0 Å². The number of hydrogen-bond acceptors (Lipinski definition) is 11. The lowest BCUT2D eigenvalue weighted by atomic mass is 9.81. The van der Waals surface area contributed by atoms with Gasteiger partial charge in [-0.05, 0) is 55.1 Å². The molecule has 0 aliphatic carbocycles. The average Bonchev–Trinajstić information content (AvgIpc) is 4.04. The number of nitrogens with zero attached hydrogens (tertiary/aromatic N) is 2. The summed E-state index contributed by atoms with van der Waals surface area (Å²) in [5.41, 5.74) is 12.9. The highest BCUT2D eigenvalue weighted by molar-refractivity contribution is 5.99. The first-order valence-corrected chi connectivity index (χ1v) is 24.0. The van der Waals surface area contributed by atoms with Crippen molar-refractivity contribution in [1.29, 1.82) is 0 Å². The number of aromatic nitrogens is 3. The van der Waals surface area contributed by atoms with Crippen molar-refractivity contribution in [3.05, 3.63) is 47.5 Å². The number of aliphatic carboxylic acids is 1. The van der Waals surface area contributed by atoms with Crippen molar-refractivity contribution in [1.82, 2.24) is 57.1 Å². The van der Waals surface area contributed by atoms with Gasteiger partial charge in [-0.25, -0.2) is 4.98 Å². The van der Waals surface area contributed by atoms with Crippen LogP contribution in [0.4, 0.5) is 0 Å². The summed E-state index contributed by atoms with van der Waals surface area (Å²) >= 11 is 0. The van der Waals surface area contributed by atoms with Gasteiger partial charge in [-0.2, -0.15) is 0 Å². The molecule has 1 saturated heterocycles. The molecule has 4 aliphatic heterocycles. The third kappa shape index (κ3) is 13.2. The number of amides is 8. The van der Waals surface area contributed by atoms with E-state index in [0.29, 0.717) is 27.8 Å². The molecule has 8 atom stereocenters. The molecule has 4 aliphatic rings. The molecule has 24 nitrogen and oxygen atoms in total. The van der Waals surface area contributed by atoms with Crippen LogP contribution < -0.4 is 64.1 Å². The van der Waals surface area contributed by atoms with Gasteiger partial charge in [0.05, 0.1) is 30.8 Å². The highest BCUT2D eigenvalue weighted by Crippen LogP contribution is 2.35. The number of guanidine groups is 1. The van der Waals surface area contributed by atoms with Crippen LogP contribution in [0, 0.1) is 17.8 Å². The Balaban J connectivity index is 1.57. The fraction of sp³-hybridized carbons (Fsp3) is 0.553. The summed E-state index contributed by atoms with van der Waals surface area (Å²) in [6.07, 6.45) is 3.09. The minimum absolute atomic E-state index is 0.0121. The zero-order valence-corrected chi connectivity index (χ0v) is 40.7. The smallest absolute Gasteiger partial charge is 0.338 e. The molecule has 2 aromatic heterocycles. The summed E-state index contributed by atoms with van der Waals surface area (Å²) in [6.45, 7) is 10.4. The van der Waals surface area contributed by atoms with Crippen molar-refractivity contribution in [3.8, 4) is 5.82 Å². The second-order valence-corrected chi connectivity index (χ2v) is 19.6. The van der Waals surface area contributed by atoms with Crippen LogP contribution in [0.2, 0.25) is 0 Å². The van der Waals surface area contributed by atoms with Gasteiger partial charge in [-0.3, -0.25) is 59.4 Å². The number of aromatic amines is 1. The van der Waals surface area contributed by atoms with E-state index in [1.165, 1.54) is 12.5 Å². The summed E-state index contributed by atoms with van der Waals surface area (Å²) in [6, 6.07) is -3.62. The van der Waals surface area contributed by atoms with E-state index in [0.717, 1.165) is 0 Å². The van der Waals surface area contributed by atoms with Gasteiger partial charge in [-0.15, -0.1) is 0 Å². The number of H-pyrrole nitrogens is 1. The number of nitrogens with two attached hydrogens (primary N) is 2. The Morgan fingerprint density at radius 1 is 0.831 bits per heavy atom. The summed E-state index contributed by atoms with van der Waals surface area (Å²) in [7, 11) is 0. The number of carboxylic acid groups (broad SMARTS) is 1. The maximum Gasteiger partial charge on any atom is 0.338 e. The number of nitrogens with one attached hydrogen (secondary N) is 10. The van der Waals surface area contributed by atoms with Gasteiger partial charge in [-0.1, -0.05) is 53.7 Å². The topological polar surface area (TPSA) is 373 Å². The van der Waals surface area contributed by atoms with E-state index in [1.807, 2.05) is 27.7 Å². The lowest BCUT2D eigenvalue weighted by Gasteiger charge is -2.33. The molecule has 8 amide bonds. The molecule has 0 radical (unpaired) electrons. The van der Waals surface area contributed by atoms with Crippen molar-refractivity contribution in [3.63, 3.8) is 0 Å². The maximum absolute atomic E-state index is 14.8. The minimum atomic E-state index is -1.61. The average molecular weight is 987 g/mol. The van der Waals surface area contributed by atoms with Crippen molar-refractivity contribution in [2.45, 2.75) is 135 Å². The first kappa shape index (κ1) is 52.8. The van der Waals surface area contributed by atoms with Gasteiger partial charge >= 0.3 is 5.96 Å². The molecule has 1 aromatic carbocycles. The van der Waals surface area contributed by atoms with E-state index in [4.69, 9.17) is 11.5 Å². The van der Waals surface area contributed by atoms with Gasteiger partial charge < -0.3 is 57.4 Å². The largest absolute Gasteiger partial charge is 0.548 e. The highest BCUT2D eigenvalue weighted by Gasteiger charge is 2.40. The van der Waals surface area contributed by atoms with Gasteiger partial charge in [0.2, 0.25) is 47.3 Å². The second-order valence-electron chi connectivity index (χ2n) is 19.6. The second kappa shape index (κ2) is 22.9. The van der Waals surface area contributed by atoms with E-state index in [9.17, 15) is 48.3 Å². The normalized spacial score (nSPS) is 24.9. The molecule has 3 aromatic rings. The van der Waals surface area contributed by atoms with Crippen LogP contribution in [-0.2, 0) is 56.0 Å². The van der Waals surface area contributed by atoms with E-state index in [1.54, 1.807) is 36.6 Å². The first-order valence-electron chi connectivity index (χ1n) is 24.0. The number of carbonyl (C=O) groups excluding carboxylic acids is 9. The Labute approximate surface area is 409 Å². The lowest BCUT2D eigenvalue weighted by Crippen LogP contribution is -2.78. The summed E-state index contributed by atoms with van der Waals surface area (Å²) in [4.78, 5) is 135. The monoisotopic (exact) mass is 987 g/mol. The number of fused-ring (bicyclic) bond motifs is 13. The molecular weight excluding hydrogens is 921 g/mol. The molecule has 7 rings (SSSR count). The number of hydrogen-bond donors (Lipinski definition) is 12. The van der Waals surface area contributed by atoms with Crippen LogP contribution in [0.25, 0.3) is 16.7 Å². The quantitative estimate of drug-likeness (QED) is 0.0372. The first-order chi connectivity index (χ1) is 33.6. The van der Waals surface area contributed by atoms with E-state index >= 15 is 0 Å². The van der Waals surface area contributed by atoms with Crippen LogP contribution in [0.3, 0.4) is 0 Å². The number of imidazole rings is 1. The Hall–Kier alpha value is -7.53. The van der Waals surface area contributed by atoms with E-state index < -0.39 is 108 Å². The third-order valence-electron chi connectivity index (χ3n) is 12.9. The van der Waals surface area contributed by atoms with Crippen LogP contribution >= 0.6 is 0 Å². The molecule has 2 unspecified atom stereocenters. The molecule has 6 heterocycles. The summed E-state index contributed by atoms with van der Waals surface area (Å²) < 4.78 is 1.56. The van der Waals surface area contributed by atoms with Crippen molar-refractivity contribution < 1.29 is 53.2 Å². The molecule has 384 valence electrons. The lowest BCUT2D eigenvalue weighted by molar-refractivity contribution is -0.459. The van der Waals surface area contributed by atoms with E-state index in [-0.39, 0.29) is 80.9 Å². The Morgan fingerprint density at radius 2 is 1.55 bits per heavy atom. The van der Waals surface area contributed by atoms with Crippen LogP contribution in [0.5, 0.6) is 0 Å². The molecule has 71 heavy (non-hydrogen) atoms. The van der Waals surface area contributed by atoms with Crippen molar-refractivity contribution in [2.24, 2.45) is 29.2 Å². The summed E-state index contributed by atoms with van der Waals surface area (Å²) in [5.74, 6) is -8.62. The number of carbonyl (C=O) groups is 9. The summed E-state index contributed by atoms with van der Waals surface area (Å²) in [5, 5.41) is 34.5. The SMILES string of the molecule is CC(C)C[C@@H]1NC(=O)[C@@H](NC(=O)[C@@H]2CCC(=O)N2)C(C(C)C)c2ccc3c4c([nH]c3c2)-n2cnc(c2)C[C@@H](C(=O)[O-])NC(=O)CNC(=O)[C@H](CCC[NH+]=C(N)N)NC(=O)C(C4)NC(=O)[C@H](C(C)C)NC1=O. The molecule has 24 heteroatoms. The zero-order chi connectivity index (χ0) is 51.8. The van der Waals surface area contributed by atoms with Crippen LogP contribution in [0.1, 0.15) is 96.4 Å². The van der Waals surface area contributed by atoms with Crippen LogP contribution in [-0.4, -0.2) is 129 Å². The van der Waals surface area contributed by atoms with Crippen LogP contribution in [0.15, 0.2) is 30.7 Å². The molecule has 0 saturated carbocycles. The maximum atomic E-state index is 14.8. The standard InChI is InChI=1S/C47H66N14O10/c1-21(2)14-31-43(67)59-37(23(5)6)44(68)58-32-17-27-26-10-9-24(36(22(3)4)38(45(69)57-31)60-41(65)29-11-12-34(62)53-29)15-30(26)55-39(27)61-19-25(52-20-61)16-33(46(70)71)54-35(63)18-51-40(64)28(56-42(32)66)8-7-13-50-47(48)49/h9-10,15,19-23,28-29,31-33,36-38,55H,7-8,11-14,16-18H2,1-6H3,(H,51,64)(H,53,62)(H,54,63)(H,56,66)(H,57,69)(H,58,68)(H,59,67)(H,60,65)(H,70,71)(H4,48,49,50)/t28-,29-,31-,32?,33-,36?,37-,38-/m0/s1. The Kier molecular flexibility index (Phi) is 17.1. The molecule has 1 fully saturated rings. The Bertz CT molecular complexity index is 2560. The predicted octanol–water partition coefficient (Wildman–Crippen LogP) is -4.90. The van der Waals surface area contributed by atoms with Gasteiger partial charge in [0.1, 0.15) is 48.4 Å². The molecule has 14 N–H and O–H groups in total. The predicted molar refractivity (Wildman–Crippen MR) is 254 cm³/mol. The number of carboxylic acids is 1. The molecule has 7 bridgehead atoms. The third-order valence-corrected chi connectivity index (χ3v) is 12.9. The highest BCUT2D eigenvalue weighted by atomic mass is 16.4. The fourth-order valence-electron chi connectivity index (χ4n) is 9.28. The van der Waals surface area contributed by atoms with Crippen molar-refractivity contribution >= 4 is 70.1 Å². The molecule has 0 spiro atoms. The zero-order valence-electron chi connectivity index (χ0n) is 40.7. The fourth-order valence-corrected chi connectivity index (χ4v) is 9.28. The number of benzene rings is 1.